The van der Waals surface area contributed by atoms with Gasteiger partial charge in [0.1, 0.15) is 10.8 Å². The van der Waals surface area contributed by atoms with Crippen LogP contribution in [0.1, 0.15) is 34.1 Å². The zero-order valence-corrected chi connectivity index (χ0v) is 18.0. The van der Waals surface area contributed by atoms with E-state index in [0.717, 1.165) is 35.5 Å². The molecule has 0 amide bonds. The average molecular weight is 390 g/mol. The van der Waals surface area contributed by atoms with Crippen molar-refractivity contribution in [1.29, 1.82) is 0 Å². The van der Waals surface area contributed by atoms with E-state index in [-0.39, 0.29) is 6.04 Å². The molecule has 148 valence electrons. The molecule has 6 nitrogen and oxygen atoms in total. The van der Waals surface area contributed by atoms with Crippen LogP contribution < -0.4 is 15.4 Å². The van der Waals surface area contributed by atoms with Gasteiger partial charge in [-0.05, 0) is 52.6 Å². The Morgan fingerprint density at radius 1 is 1.22 bits per heavy atom. The highest BCUT2D eigenvalue weighted by molar-refractivity contribution is 7.11. The zero-order chi connectivity index (χ0) is 19.8. The predicted molar refractivity (Wildman–Crippen MR) is 114 cm³/mol. The summed E-state index contributed by atoms with van der Waals surface area (Å²) in [5, 5.41) is 7.82. The minimum Gasteiger partial charge on any atom is -0.497 e. The molecule has 27 heavy (non-hydrogen) atoms. The molecule has 1 aromatic heterocycles. The number of aryl methyl sites for hydroxylation is 2. The van der Waals surface area contributed by atoms with E-state index < -0.39 is 0 Å². The molecule has 0 bridgehead atoms. The summed E-state index contributed by atoms with van der Waals surface area (Å²) in [6.07, 6.45) is 0. The molecule has 2 rings (SSSR count). The van der Waals surface area contributed by atoms with Gasteiger partial charge in [0.2, 0.25) is 0 Å². The average Bonchev–Trinajstić information content (AvgIpc) is 2.97. The van der Waals surface area contributed by atoms with Crippen LogP contribution in [0, 0.1) is 13.8 Å². The molecule has 0 aliphatic rings. The van der Waals surface area contributed by atoms with Gasteiger partial charge < -0.3 is 20.3 Å². The summed E-state index contributed by atoms with van der Waals surface area (Å²) in [6, 6.07) is 8.44. The van der Waals surface area contributed by atoms with E-state index in [1.807, 2.05) is 19.1 Å². The van der Waals surface area contributed by atoms with Crippen molar-refractivity contribution in [3.63, 3.8) is 0 Å². The number of aromatic nitrogens is 1. The molecule has 1 aromatic carbocycles. The number of methoxy groups -OCH3 is 1. The van der Waals surface area contributed by atoms with Gasteiger partial charge in [0, 0.05) is 18.0 Å². The second kappa shape index (κ2) is 10.3. The van der Waals surface area contributed by atoms with Crippen molar-refractivity contribution in [3.8, 4) is 5.75 Å². The third-order valence-electron chi connectivity index (χ3n) is 4.38. The van der Waals surface area contributed by atoms with E-state index in [0.29, 0.717) is 6.54 Å². The third kappa shape index (κ3) is 6.22. The smallest absolute Gasteiger partial charge is 0.191 e. The second-order valence-corrected chi connectivity index (χ2v) is 7.87. The first-order chi connectivity index (χ1) is 12.9. The first-order valence-corrected chi connectivity index (χ1v) is 10.0. The van der Waals surface area contributed by atoms with Crippen molar-refractivity contribution < 1.29 is 4.74 Å². The lowest BCUT2D eigenvalue weighted by Crippen LogP contribution is -2.41. The minimum absolute atomic E-state index is 0.226. The Morgan fingerprint density at radius 2 is 1.93 bits per heavy atom. The summed E-state index contributed by atoms with van der Waals surface area (Å²) < 4.78 is 5.26. The van der Waals surface area contributed by atoms with Gasteiger partial charge in [0.25, 0.3) is 0 Å². The highest BCUT2D eigenvalue weighted by Crippen LogP contribution is 2.21. The fourth-order valence-corrected chi connectivity index (χ4v) is 3.57. The standard InChI is InChI=1S/C20H31N5OS/c1-7-21-20(23-13-19-24-14(2)15(3)27-19)22-12-18(25(4)5)16-8-10-17(26-6)11-9-16/h8-11,18H,7,12-13H2,1-6H3,(H2,21,22,23). The second-order valence-electron chi connectivity index (χ2n) is 6.58. The van der Waals surface area contributed by atoms with Crippen LogP contribution in [0.2, 0.25) is 0 Å². The first kappa shape index (κ1) is 21.2. The monoisotopic (exact) mass is 389 g/mol. The molecule has 1 atom stereocenters. The number of nitrogens with one attached hydrogen (secondary N) is 2. The largest absolute Gasteiger partial charge is 0.497 e. The first-order valence-electron chi connectivity index (χ1n) is 9.20. The van der Waals surface area contributed by atoms with Crippen LogP contribution in [0.4, 0.5) is 0 Å². The van der Waals surface area contributed by atoms with Gasteiger partial charge >= 0.3 is 0 Å². The molecule has 0 saturated heterocycles. The Labute approximate surface area is 166 Å². The predicted octanol–water partition coefficient (Wildman–Crippen LogP) is 3.13. The summed E-state index contributed by atoms with van der Waals surface area (Å²) in [7, 11) is 5.86. The van der Waals surface area contributed by atoms with E-state index in [2.05, 4.69) is 60.6 Å². The van der Waals surface area contributed by atoms with Gasteiger partial charge in [0.15, 0.2) is 5.96 Å². The summed E-state index contributed by atoms with van der Waals surface area (Å²) in [6.45, 7) is 8.36. The van der Waals surface area contributed by atoms with Crippen LogP contribution in [0.5, 0.6) is 5.75 Å². The molecule has 0 saturated carbocycles. The summed E-state index contributed by atoms with van der Waals surface area (Å²) in [4.78, 5) is 12.7. The molecular formula is C20H31N5OS. The van der Waals surface area contributed by atoms with E-state index in [4.69, 9.17) is 9.73 Å². The van der Waals surface area contributed by atoms with Gasteiger partial charge in [-0.25, -0.2) is 9.98 Å². The fourth-order valence-electron chi connectivity index (χ4n) is 2.71. The lowest BCUT2D eigenvalue weighted by molar-refractivity contribution is 0.298. The van der Waals surface area contributed by atoms with Gasteiger partial charge in [-0.1, -0.05) is 12.1 Å². The summed E-state index contributed by atoms with van der Waals surface area (Å²) in [5.74, 6) is 1.68. The third-order valence-corrected chi connectivity index (χ3v) is 5.43. The molecule has 2 N–H and O–H groups in total. The number of nitrogens with zero attached hydrogens (tertiary/aromatic N) is 3. The van der Waals surface area contributed by atoms with E-state index in [1.54, 1.807) is 18.4 Å². The van der Waals surface area contributed by atoms with Crippen molar-refractivity contribution in [2.75, 3.05) is 34.3 Å². The van der Waals surface area contributed by atoms with Crippen LogP contribution in [-0.2, 0) is 6.54 Å². The number of ether oxygens (including phenoxy) is 1. The molecule has 0 aliphatic carbocycles. The quantitative estimate of drug-likeness (QED) is 0.536. The van der Waals surface area contributed by atoms with Crippen molar-refractivity contribution >= 4 is 17.3 Å². The Hall–Kier alpha value is -2.12. The molecule has 1 heterocycles. The molecule has 7 heteroatoms. The van der Waals surface area contributed by atoms with E-state index in [9.17, 15) is 0 Å². The number of guanidine groups is 1. The number of likely N-dealkylation sites (N-methyl/N-ethyl adjacent to an activating group) is 1. The van der Waals surface area contributed by atoms with Crippen molar-refractivity contribution in [3.05, 3.63) is 45.4 Å². The van der Waals surface area contributed by atoms with Gasteiger partial charge in [-0.3, -0.25) is 0 Å². The SMILES string of the molecule is CCNC(=NCc1nc(C)c(C)s1)NCC(c1ccc(OC)cc1)N(C)C. The maximum atomic E-state index is 5.26. The molecule has 1 unspecified atom stereocenters. The summed E-state index contributed by atoms with van der Waals surface area (Å²) >= 11 is 1.71. The van der Waals surface area contributed by atoms with Crippen LogP contribution in [0.25, 0.3) is 0 Å². The number of hydrogen-bond donors (Lipinski definition) is 2. The van der Waals surface area contributed by atoms with Crippen molar-refractivity contribution in [1.82, 2.24) is 20.5 Å². The van der Waals surface area contributed by atoms with E-state index >= 15 is 0 Å². The van der Waals surface area contributed by atoms with Crippen LogP contribution in [0.15, 0.2) is 29.3 Å². The zero-order valence-electron chi connectivity index (χ0n) is 17.2. The lowest BCUT2D eigenvalue weighted by atomic mass is 10.1. The van der Waals surface area contributed by atoms with Gasteiger partial charge in [-0.2, -0.15) is 0 Å². The maximum Gasteiger partial charge on any atom is 0.191 e. The van der Waals surface area contributed by atoms with Gasteiger partial charge in [-0.15, -0.1) is 11.3 Å². The van der Waals surface area contributed by atoms with Crippen molar-refractivity contribution in [2.45, 2.75) is 33.4 Å². The fraction of sp³-hybridized carbons (Fsp3) is 0.500. The minimum atomic E-state index is 0.226. The normalized spacial score (nSPS) is 12.9. The van der Waals surface area contributed by atoms with Crippen LogP contribution >= 0.6 is 11.3 Å². The molecule has 0 spiro atoms. The Morgan fingerprint density at radius 3 is 2.44 bits per heavy atom. The maximum absolute atomic E-state index is 5.26. The van der Waals surface area contributed by atoms with Crippen molar-refractivity contribution in [2.24, 2.45) is 4.99 Å². The van der Waals surface area contributed by atoms with Gasteiger partial charge in [0.05, 0.1) is 25.4 Å². The highest BCUT2D eigenvalue weighted by Gasteiger charge is 2.15. The number of rotatable bonds is 8. The lowest BCUT2D eigenvalue weighted by Gasteiger charge is -2.26. The number of thiazole rings is 1. The molecule has 0 radical (unpaired) electrons. The van der Waals surface area contributed by atoms with Crippen LogP contribution in [-0.4, -0.2) is 50.1 Å². The number of benzene rings is 1. The Balaban J connectivity index is 2.05. The van der Waals surface area contributed by atoms with E-state index in [1.165, 1.54) is 10.4 Å². The molecule has 2 aromatic rings. The molecule has 0 aliphatic heterocycles. The molecule has 0 fully saturated rings. The van der Waals surface area contributed by atoms with Crippen LogP contribution in [0.3, 0.4) is 0 Å². The number of hydrogen-bond acceptors (Lipinski definition) is 5. The Bertz CT molecular complexity index is 720. The summed E-state index contributed by atoms with van der Waals surface area (Å²) in [5.41, 5.74) is 2.32. The Kier molecular flexibility index (Phi) is 8.06. The number of aliphatic imine (C=N–C) groups is 1. The molecular weight excluding hydrogens is 358 g/mol. The highest BCUT2D eigenvalue weighted by atomic mass is 32.1. The topological polar surface area (TPSA) is 61.8 Å².